The molecule has 2 aliphatic rings. The van der Waals surface area contributed by atoms with Gasteiger partial charge < -0.3 is 4.90 Å². The van der Waals surface area contributed by atoms with Gasteiger partial charge in [-0.2, -0.15) is 0 Å². The molecular formula is C21H22N2. The highest BCUT2D eigenvalue weighted by Gasteiger charge is 2.33. The van der Waals surface area contributed by atoms with E-state index in [1.807, 2.05) is 7.05 Å². The monoisotopic (exact) mass is 302 g/mol. The Bertz CT molecular complexity index is 758. The maximum atomic E-state index is 4.57. The van der Waals surface area contributed by atoms with Crippen molar-refractivity contribution in [1.29, 1.82) is 0 Å². The standard InChI is InChI=1S/C21H22N2/c1-22-20-13-7-12-19(20)21-18-11-6-5-8-16(18)14-15-23(21)17-9-3-2-4-10-17/h2-6,8-12,21H,7,13-15H2,1H3/t21-/m0/s1. The molecule has 1 aliphatic carbocycles. The molecule has 0 fully saturated rings. The Morgan fingerprint density at radius 1 is 0.957 bits per heavy atom. The number of anilines is 1. The maximum Gasteiger partial charge on any atom is 0.0813 e. The Morgan fingerprint density at radius 3 is 2.57 bits per heavy atom. The van der Waals surface area contributed by atoms with E-state index in [0.717, 1.165) is 25.8 Å². The van der Waals surface area contributed by atoms with Gasteiger partial charge in [-0.05, 0) is 48.1 Å². The molecule has 4 rings (SSSR count). The molecule has 1 atom stereocenters. The molecule has 0 N–H and O–H groups in total. The zero-order valence-electron chi connectivity index (χ0n) is 13.6. The molecule has 2 heteroatoms. The molecule has 1 heterocycles. The molecule has 0 radical (unpaired) electrons. The highest BCUT2D eigenvalue weighted by Crippen LogP contribution is 2.41. The normalized spacial score (nSPS) is 22.1. The van der Waals surface area contributed by atoms with Crippen LogP contribution in [0.2, 0.25) is 0 Å². The molecule has 2 aromatic rings. The lowest BCUT2D eigenvalue weighted by atomic mass is 9.86. The van der Waals surface area contributed by atoms with E-state index in [2.05, 4.69) is 70.6 Å². The molecule has 23 heavy (non-hydrogen) atoms. The highest BCUT2D eigenvalue weighted by molar-refractivity contribution is 6.04. The third-order valence-electron chi connectivity index (χ3n) is 5.01. The van der Waals surface area contributed by atoms with Gasteiger partial charge in [-0.25, -0.2) is 0 Å². The largest absolute Gasteiger partial charge is 0.360 e. The fourth-order valence-electron chi connectivity index (χ4n) is 3.94. The molecule has 0 unspecified atom stereocenters. The van der Waals surface area contributed by atoms with E-state index in [9.17, 15) is 0 Å². The molecule has 0 bridgehead atoms. The van der Waals surface area contributed by atoms with E-state index in [1.54, 1.807) is 0 Å². The predicted octanol–water partition coefficient (Wildman–Crippen LogP) is 4.58. The number of aliphatic imine (C=N–C) groups is 1. The SMILES string of the molecule is CN=C1CCC=C1[C@@H]1c2ccccc2CCN1c1ccccc1. The predicted molar refractivity (Wildman–Crippen MR) is 97.4 cm³/mol. The van der Waals surface area contributed by atoms with Crippen LogP contribution in [0.4, 0.5) is 5.69 Å². The van der Waals surface area contributed by atoms with Crippen LogP contribution in [0.25, 0.3) is 0 Å². The summed E-state index contributed by atoms with van der Waals surface area (Å²) in [5, 5.41) is 0. The summed E-state index contributed by atoms with van der Waals surface area (Å²) in [5.41, 5.74) is 6.90. The van der Waals surface area contributed by atoms with Crippen molar-refractivity contribution in [1.82, 2.24) is 0 Å². The Labute approximate surface area is 138 Å². The van der Waals surface area contributed by atoms with Crippen LogP contribution in [0.3, 0.4) is 0 Å². The topological polar surface area (TPSA) is 15.6 Å². The smallest absolute Gasteiger partial charge is 0.0813 e. The van der Waals surface area contributed by atoms with Crippen LogP contribution in [0.5, 0.6) is 0 Å². The Kier molecular flexibility index (Phi) is 3.74. The first-order valence-corrected chi connectivity index (χ1v) is 8.44. The van der Waals surface area contributed by atoms with Gasteiger partial charge in [-0.3, -0.25) is 4.99 Å². The van der Waals surface area contributed by atoms with Crippen molar-refractivity contribution < 1.29 is 0 Å². The van der Waals surface area contributed by atoms with E-state index in [0.29, 0.717) is 6.04 Å². The van der Waals surface area contributed by atoms with Gasteiger partial charge in [0.15, 0.2) is 0 Å². The molecule has 1 aliphatic heterocycles. The van der Waals surface area contributed by atoms with Crippen LogP contribution >= 0.6 is 0 Å². The average Bonchev–Trinajstić information content (AvgIpc) is 3.09. The van der Waals surface area contributed by atoms with Gasteiger partial charge in [-0.1, -0.05) is 48.5 Å². The Morgan fingerprint density at radius 2 is 1.74 bits per heavy atom. The minimum atomic E-state index is 0.295. The van der Waals surface area contributed by atoms with E-state index >= 15 is 0 Å². The summed E-state index contributed by atoms with van der Waals surface area (Å²) in [5.74, 6) is 0. The van der Waals surface area contributed by atoms with Gasteiger partial charge in [0.2, 0.25) is 0 Å². The van der Waals surface area contributed by atoms with Gasteiger partial charge in [0.1, 0.15) is 0 Å². The van der Waals surface area contributed by atoms with Gasteiger partial charge in [-0.15, -0.1) is 0 Å². The van der Waals surface area contributed by atoms with E-state index in [1.165, 1.54) is 28.1 Å². The van der Waals surface area contributed by atoms with Gasteiger partial charge in [0, 0.05) is 25.0 Å². The van der Waals surface area contributed by atoms with Crippen LogP contribution < -0.4 is 4.90 Å². The van der Waals surface area contributed by atoms with Crippen molar-refractivity contribution in [3.05, 3.63) is 77.4 Å². The van der Waals surface area contributed by atoms with E-state index in [4.69, 9.17) is 0 Å². The van der Waals surface area contributed by atoms with Crippen LogP contribution in [0.1, 0.15) is 30.0 Å². The maximum absolute atomic E-state index is 4.57. The fourth-order valence-corrected chi connectivity index (χ4v) is 3.94. The van der Waals surface area contributed by atoms with Gasteiger partial charge in [0.05, 0.1) is 6.04 Å². The van der Waals surface area contributed by atoms with E-state index in [-0.39, 0.29) is 0 Å². The van der Waals surface area contributed by atoms with Crippen LogP contribution in [0, 0.1) is 0 Å². The molecule has 0 saturated heterocycles. The minimum absolute atomic E-state index is 0.295. The zero-order chi connectivity index (χ0) is 15.6. The summed E-state index contributed by atoms with van der Waals surface area (Å²) in [6.45, 7) is 1.06. The first-order chi connectivity index (χ1) is 11.4. The second kappa shape index (κ2) is 6.04. The number of rotatable bonds is 2. The fraction of sp³-hybridized carbons (Fsp3) is 0.286. The number of fused-ring (bicyclic) bond motifs is 1. The van der Waals surface area contributed by atoms with E-state index < -0.39 is 0 Å². The second-order valence-electron chi connectivity index (χ2n) is 6.25. The molecule has 0 spiro atoms. The number of para-hydroxylation sites is 1. The van der Waals surface area contributed by atoms with Crippen molar-refractivity contribution >= 4 is 11.4 Å². The number of benzene rings is 2. The summed E-state index contributed by atoms with van der Waals surface area (Å²) in [4.78, 5) is 7.11. The summed E-state index contributed by atoms with van der Waals surface area (Å²) >= 11 is 0. The van der Waals surface area contributed by atoms with Gasteiger partial charge >= 0.3 is 0 Å². The summed E-state index contributed by atoms with van der Waals surface area (Å²) in [6, 6.07) is 20.0. The Hall–Kier alpha value is -2.35. The second-order valence-corrected chi connectivity index (χ2v) is 6.25. The third kappa shape index (κ3) is 2.48. The molecule has 0 amide bonds. The number of nitrogens with zero attached hydrogens (tertiary/aromatic N) is 2. The van der Waals surface area contributed by atoms with Crippen LogP contribution in [-0.4, -0.2) is 19.3 Å². The lowest BCUT2D eigenvalue weighted by Gasteiger charge is -2.40. The molecule has 0 saturated carbocycles. The van der Waals surface area contributed by atoms with Crippen molar-refractivity contribution in [2.75, 3.05) is 18.5 Å². The average molecular weight is 302 g/mol. The number of allylic oxidation sites excluding steroid dienone is 1. The summed E-state index contributed by atoms with van der Waals surface area (Å²) < 4.78 is 0. The van der Waals surface area contributed by atoms with Crippen LogP contribution in [0.15, 0.2) is 71.2 Å². The first kappa shape index (κ1) is 14.3. The summed E-state index contributed by atoms with van der Waals surface area (Å²) in [7, 11) is 1.93. The highest BCUT2D eigenvalue weighted by atomic mass is 15.2. The molecular weight excluding hydrogens is 280 g/mol. The van der Waals surface area contributed by atoms with Crippen LogP contribution in [-0.2, 0) is 6.42 Å². The molecule has 0 aromatic heterocycles. The molecule has 2 nitrogen and oxygen atoms in total. The quantitative estimate of drug-likeness (QED) is 0.792. The molecule has 2 aromatic carbocycles. The number of hydrogen-bond donors (Lipinski definition) is 0. The summed E-state index contributed by atoms with van der Waals surface area (Å²) in [6.07, 6.45) is 5.69. The van der Waals surface area contributed by atoms with Crippen molar-refractivity contribution in [3.63, 3.8) is 0 Å². The van der Waals surface area contributed by atoms with Crippen molar-refractivity contribution in [2.24, 2.45) is 4.99 Å². The number of hydrogen-bond acceptors (Lipinski definition) is 2. The molecule has 116 valence electrons. The van der Waals surface area contributed by atoms with Gasteiger partial charge in [0.25, 0.3) is 0 Å². The van der Waals surface area contributed by atoms with Crippen molar-refractivity contribution in [2.45, 2.75) is 25.3 Å². The van der Waals surface area contributed by atoms with Crippen molar-refractivity contribution in [3.8, 4) is 0 Å². The first-order valence-electron chi connectivity index (χ1n) is 8.44. The third-order valence-corrected chi connectivity index (χ3v) is 5.01. The lowest BCUT2D eigenvalue weighted by Crippen LogP contribution is -2.37. The Balaban J connectivity index is 1.84. The minimum Gasteiger partial charge on any atom is -0.360 e. The lowest BCUT2D eigenvalue weighted by molar-refractivity contribution is 0.657. The zero-order valence-corrected chi connectivity index (χ0v) is 13.6.